The Bertz CT molecular complexity index is 354. The summed E-state index contributed by atoms with van der Waals surface area (Å²) in [5, 5.41) is 0. The van der Waals surface area contributed by atoms with Crippen LogP contribution in [0.5, 0.6) is 0 Å². The van der Waals surface area contributed by atoms with Crippen LogP contribution < -0.4 is 5.73 Å². The van der Waals surface area contributed by atoms with E-state index in [1.54, 1.807) is 30.3 Å². The second-order valence-corrected chi connectivity index (χ2v) is 3.73. The van der Waals surface area contributed by atoms with Gasteiger partial charge in [-0.05, 0) is 5.56 Å². The maximum absolute atomic E-state index is 11.1. The molecule has 2 atom stereocenters. The van der Waals surface area contributed by atoms with E-state index in [2.05, 4.69) is 4.52 Å². The maximum Gasteiger partial charge on any atom is 0.698 e. The molecular weight excluding hydrogens is 217 g/mol. The van der Waals surface area contributed by atoms with Gasteiger partial charge in [0.1, 0.15) is 0 Å². The van der Waals surface area contributed by atoms with Gasteiger partial charge in [-0.15, -0.1) is 9.05 Å². The summed E-state index contributed by atoms with van der Waals surface area (Å²) in [5.74, 6) is -0.707. The monoisotopic (exact) mass is 228 g/mol. The van der Waals surface area contributed by atoms with Crippen LogP contribution in [0, 0.1) is 0 Å². The van der Waals surface area contributed by atoms with E-state index >= 15 is 0 Å². The molecule has 0 saturated carbocycles. The van der Waals surface area contributed by atoms with Gasteiger partial charge in [0.2, 0.25) is 6.10 Å². The molecular formula is C9H11NO4P+. The van der Waals surface area contributed by atoms with Crippen molar-refractivity contribution in [3.63, 3.8) is 0 Å². The maximum atomic E-state index is 11.1. The third-order valence-corrected chi connectivity index (χ3v) is 2.38. The summed E-state index contributed by atoms with van der Waals surface area (Å²) in [7, 11) is -1.10. The highest BCUT2D eigenvalue weighted by molar-refractivity contribution is 7.33. The van der Waals surface area contributed by atoms with Crippen LogP contribution in [0.3, 0.4) is 0 Å². The van der Waals surface area contributed by atoms with Crippen molar-refractivity contribution in [2.45, 2.75) is 6.10 Å². The Morgan fingerprint density at radius 2 is 2.00 bits per heavy atom. The Balaban J connectivity index is 2.84. The van der Waals surface area contributed by atoms with E-state index in [1.165, 1.54) is 7.11 Å². The smallest absolute Gasteiger partial charge is 0.367 e. The van der Waals surface area contributed by atoms with Crippen LogP contribution in [-0.2, 0) is 18.4 Å². The largest absolute Gasteiger partial charge is 0.698 e. The summed E-state index contributed by atoms with van der Waals surface area (Å²) in [6.45, 7) is 0. The van der Waals surface area contributed by atoms with Crippen LogP contribution in [0.2, 0.25) is 0 Å². The molecule has 0 bridgehead atoms. The lowest BCUT2D eigenvalue weighted by Crippen LogP contribution is -2.22. The molecule has 0 aliphatic rings. The molecule has 0 radical (unpaired) electrons. The normalized spacial score (nSPS) is 13.3. The Morgan fingerprint density at radius 1 is 1.40 bits per heavy atom. The molecule has 6 heteroatoms. The zero-order valence-electron chi connectivity index (χ0n) is 8.12. The molecule has 0 aromatic heterocycles. The molecule has 0 aliphatic heterocycles. The number of hydrogen-bond donors (Lipinski definition) is 1. The molecule has 0 aliphatic carbocycles. The summed E-state index contributed by atoms with van der Waals surface area (Å²) < 4.78 is 20.3. The molecule has 1 amide bonds. The minimum atomic E-state index is -2.32. The summed E-state index contributed by atoms with van der Waals surface area (Å²) in [4.78, 5) is 11.1. The molecule has 15 heavy (non-hydrogen) atoms. The third kappa shape index (κ3) is 3.40. The number of benzene rings is 1. The average molecular weight is 228 g/mol. The first-order valence-corrected chi connectivity index (χ1v) is 5.27. The van der Waals surface area contributed by atoms with E-state index in [0.717, 1.165) is 0 Å². The topological polar surface area (TPSA) is 78.6 Å². The van der Waals surface area contributed by atoms with Gasteiger partial charge in [-0.2, -0.15) is 0 Å². The molecule has 0 saturated heterocycles. The summed E-state index contributed by atoms with van der Waals surface area (Å²) >= 11 is 0. The summed E-state index contributed by atoms with van der Waals surface area (Å²) in [6.07, 6.45) is -1.05. The first kappa shape index (κ1) is 11.8. The van der Waals surface area contributed by atoms with Crippen LogP contribution in [0.15, 0.2) is 30.3 Å². The first-order valence-electron chi connectivity index (χ1n) is 4.17. The molecule has 0 spiro atoms. The fourth-order valence-electron chi connectivity index (χ4n) is 1.03. The summed E-state index contributed by atoms with van der Waals surface area (Å²) in [5.41, 5.74) is 5.67. The van der Waals surface area contributed by atoms with Gasteiger partial charge in [-0.1, -0.05) is 30.3 Å². The van der Waals surface area contributed by atoms with Crippen molar-refractivity contribution >= 4 is 14.2 Å². The molecule has 0 heterocycles. The standard InChI is InChI=1S/C9H10NO4P/c1-13-15(12)14-8(9(10)11)7-5-3-2-4-6-7/h2-6,8H,1H3,(H-,10,11)/p+1. The number of primary amides is 1. The minimum Gasteiger partial charge on any atom is -0.367 e. The Morgan fingerprint density at radius 3 is 2.47 bits per heavy atom. The SMILES string of the molecule is CO[P+](=O)OC(C(N)=O)c1ccccc1. The second-order valence-electron chi connectivity index (χ2n) is 2.70. The van der Waals surface area contributed by atoms with Gasteiger partial charge in [-0.3, -0.25) is 4.79 Å². The van der Waals surface area contributed by atoms with Crippen LogP contribution in [0.1, 0.15) is 11.7 Å². The van der Waals surface area contributed by atoms with E-state index in [-0.39, 0.29) is 0 Å². The lowest BCUT2D eigenvalue weighted by atomic mass is 10.1. The van der Waals surface area contributed by atoms with Crippen LogP contribution in [0.25, 0.3) is 0 Å². The minimum absolute atomic E-state index is 0.547. The third-order valence-electron chi connectivity index (χ3n) is 1.70. The van der Waals surface area contributed by atoms with Gasteiger partial charge in [0.05, 0.1) is 7.11 Å². The number of hydrogen-bond acceptors (Lipinski definition) is 4. The van der Waals surface area contributed by atoms with E-state index in [9.17, 15) is 9.36 Å². The van der Waals surface area contributed by atoms with E-state index in [0.29, 0.717) is 5.56 Å². The number of nitrogens with two attached hydrogens (primary N) is 1. The highest BCUT2D eigenvalue weighted by Gasteiger charge is 2.31. The van der Waals surface area contributed by atoms with Gasteiger partial charge in [0.15, 0.2) is 0 Å². The van der Waals surface area contributed by atoms with Crippen LogP contribution in [-0.4, -0.2) is 13.0 Å². The first-order chi connectivity index (χ1) is 7.15. The van der Waals surface area contributed by atoms with Crippen LogP contribution in [0.4, 0.5) is 0 Å². The predicted octanol–water partition coefficient (Wildman–Crippen LogP) is 1.53. The van der Waals surface area contributed by atoms with Gasteiger partial charge >= 0.3 is 8.25 Å². The van der Waals surface area contributed by atoms with Crippen LogP contribution >= 0.6 is 8.25 Å². The zero-order chi connectivity index (χ0) is 11.3. The van der Waals surface area contributed by atoms with Crippen molar-refractivity contribution in [2.24, 2.45) is 5.73 Å². The average Bonchev–Trinajstić information content (AvgIpc) is 2.26. The number of rotatable bonds is 5. The highest BCUT2D eigenvalue weighted by atomic mass is 31.1. The van der Waals surface area contributed by atoms with E-state index in [4.69, 9.17) is 10.3 Å². The predicted molar refractivity (Wildman–Crippen MR) is 54.1 cm³/mol. The van der Waals surface area contributed by atoms with Gasteiger partial charge in [0, 0.05) is 4.57 Å². The van der Waals surface area contributed by atoms with Crippen molar-refractivity contribution in [3.8, 4) is 0 Å². The van der Waals surface area contributed by atoms with Crippen molar-refractivity contribution in [1.82, 2.24) is 0 Å². The number of carbonyl (C=O) groups excluding carboxylic acids is 1. The highest BCUT2D eigenvalue weighted by Crippen LogP contribution is 2.31. The molecule has 2 N–H and O–H groups in total. The zero-order valence-corrected chi connectivity index (χ0v) is 9.02. The van der Waals surface area contributed by atoms with Crippen molar-refractivity contribution in [1.29, 1.82) is 0 Å². The molecule has 1 aromatic rings. The Kier molecular flexibility index (Phi) is 4.37. The summed E-state index contributed by atoms with van der Waals surface area (Å²) in [6, 6.07) is 8.57. The lowest BCUT2D eigenvalue weighted by Gasteiger charge is -2.05. The van der Waals surface area contributed by atoms with Gasteiger partial charge in [-0.25, -0.2) is 0 Å². The molecule has 80 valence electrons. The van der Waals surface area contributed by atoms with Crippen molar-refractivity contribution in [3.05, 3.63) is 35.9 Å². The van der Waals surface area contributed by atoms with Crippen molar-refractivity contribution in [2.75, 3.05) is 7.11 Å². The number of amides is 1. The quantitative estimate of drug-likeness (QED) is 0.775. The van der Waals surface area contributed by atoms with Gasteiger partial charge in [0.25, 0.3) is 5.91 Å². The lowest BCUT2D eigenvalue weighted by molar-refractivity contribution is -0.125. The molecule has 1 aromatic carbocycles. The molecule has 0 fully saturated rings. The van der Waals surface area contributed by atoms with Gasteiger partial charge < -0.3 is 5.73 Å². The second kappa shape index (κ2) is 5.56. The van der Waals surface area contributed by atoms with E-state index < -0.39 is 20.3 Å². The number of carbonyl (C=O) groups is 1. The fraction of sp³-hybridized carbons (Fsp3) is 0.222. The fourth-order valence-corrected chi connectivity index (χ4v) is 1.52. The van der Waals surface area contributed by atoms with Crippen molar-refractivity contribution < 1.29 is 18.4 Å². The Labute approximate surface area is 88.1 Å². The molecule has 2 unspecified atom stereocenters. The molecule has 5 nitrogen and oxygen atoms in total. The van der Waals surface area contributed by atoms with E-state index in [1.807, 2.05) is 0 Å². The molecule has 1 rings (SSSR count). The Hall–Kier alpha value is -1.29.